The number of amides is 1. The lowest BCUT2D eigenvalue weighted by molar-refractivity contribution is -0.117. The summed E-state index contributed by atoms with van der Waals surface area (Å²) in [7, 11) is 1.81. The van der Waals surface area contributed by atoms with Gasteiger partial charge in [-0.1, -0.05) is 6.07 Å². The minimum atomic E-state index is -0.178. The van der Waals surface area contributed by atoms with E-state index in [1.807, 2.05) is 44.3 Å². The highest BCUT2D eigenvalue weighted by Crippen LogP contribution is 2.36. The van der Waals surface area contributed by atoms with Crippen LogP contribution in [0.25, 0.3) is 5.65 Å². The second-order valence-electron chi connectivity index (χ2n) is 8.33. The van der Waals surface area contributed by atoms with E-state index in [9.17, 15) is 9.90 Å². The molecule has 2 aliphatic rings. The highest BCUT2D eigenvalue weighted by Gasteiger charge is 2.27. The smallest absolute Gasteiger partial charge is 0.247 e. The SMILES string of the molecule is Cc1cc(Nc2nc3cccc(NC4CCC(O)CC4)n3n2)c2c(c1)N(C)C(=O)C2. The van der Waals surface area contributed by atoms with Gasteiger partial charge in [0.1, 0.15) is 5.82 Å². The fraction of sp³-hybridized carbons (Fsp3) is 0.409. The highest BCUT2D eigenvalue weighted by molar-refractivity contribution is 6.03. The minimum Gasteiger partial charge on any atom is -0.393 e. The molecule has 1 amide bonds. The number of aryl methyl sites for hydroxylation is 1. The number of pyridine rings is 1. The van der Waals surface area contributed by atoms with Gasteiger partial charge < -0.3 is 20.6 Å². The predicted octanol–water partition coefficient (Wildman–Crippen LogP) is 3.02. The zero-order valence-corrected chi connectivity index (χ0v) is 17.2. The number of anilines is 4. The van der Waals surface area contributed by atoms with Crippen LogP contribution in [0, 0.1) is 6.92 Å². The van der Waals surface area contributed by atoms with E-state index in [2.05, 4.69) is 20.7 Å². The highest BCUT2D eigenvalue weighted by atomic mass is 16.3. The Morgan fingerprint density at radius 2 is 1.97 bits per heavy atom. The number of rotatable bonds is 4. The summed E-state index contributed by atoms with van der Waals surface area (Å²) < 4.78 is 1.81. The van der Waals surface area contributed by atoms with Gasteiger partial charge in [-0.15, -0.1) is 5.10 Å². The standard InChI is InChI=1S/C22H26N6O2/c1-13-10-17(16-12-21(30)27(2)18(16)11-13)24-22-25-20-5-3-4-19(28(20)26-22)23-14-6-8-15(29)9-7-14/h3-5,10-11,14-15,23,29H,6-9,12H2,1-2H3,(H,24,26). The minimum absolute atomic E-state index is 0.0886. The molecule has 0 bridgehead atoms. The van der Waals surface area contributed by atoms with Crippen molar-refractivity contribution in [3.05, 3.63) is 41.5 Å². The molecule has 3 aromatic rings. The van der Waals surface area contributed by atoms with Gasteiger partial charge in [0, 0.05) is 30.0 Å². The number of fused-ring (bicyclic) bond motifs is 2. The Morgan fingerprint density at radius 1 is 1.17 bits per heavy atom. The number of nitrogens with one attached hydrogen (secondary N) is 2. The second kappa shape index (κ2) is 7.28. The van der Waals surface area contributed by atoms with Gasteiger partial charge in [-0.3, -0.25) is 4.79 Å². The van der Waals surface area contributed by atoms with Crippen LogP contribution in [0.15, 0.2) is 30.3 Å². The van der Waals surface area contributed by atoms with Crippen LogP contribution in [0.5, 0.6) is 0 Å². The molecule has 0 spiro atoms. The lowest BCUT2D eigenvalue weighted by Crippen LogP contribution is -2.29. The average molecular weight is 406 g/mol. The summed E-state index contributed by atoms with van der Waals surface area (Å²) in [6.07, 6.45) is 3.72. The van der Waals surface area contributed by atoms with E-state index in [1.54, 1.807) is 9.42 Å². The van der Waals surface area contributed by atoms with Crippen molar-refractivity contribution in [2.45, 2.75) is 51.2 Å². The molecule has 8 nitrogen and oxygen atoms in total. The van der Waals surface area contributed by atoms with Crippen LogP contribution < -0.4 is 15.5 Å². The van der Waals surface area contributed by atoms with Crippen LogP contribution in [0.2, 0.25) is 0 Å². The van der Waals surface area contributed by atoms with Crippen LogP contribution in [-0.2, 0) is 11.2 Å². The molecule has 8 heteroatoms. The van der Waals surface area contributed by atoms with Gasteiger partial charge in [-0.2, -0.15) is 9.50 Å². The Labute approximate surface area is 174 Å². The van der Waals surface area contributed by atoms with E-state index < -0.39 is 0 Å². The zero-order chi connectivity index (χ0) is 20.8. The number of carbonyl (C=O) groups excluding carboxylic acids is 1. The summed E-state index contributed by atoms with van der Waals surface area (Å²) in [5.41, 5.74) is 4.60. The van der Waals surface area contributed by atoms with E-state index in [0.717, 1.165) is 59.7 Å². The first kappa shape index (κ1) is 18.9. The lowest BCUT2D eigenvalue weighted by atomic mass is 9.93. The van der Waals surface area contributed by atoms with Crippen LogP contribution >= 0.6 is 0 Å². The van der Waals surface area contributed by atoms with E-state index in [4.69, 9.17) is 0 Å². The maximum absolute atomic E-state index is 12.2. The average Bonchev–Trinajstić information content (AvgIpc) is 3.26. The fourth-order valence-electron chi connectivity index (χ4n) is 4.42. The predicted molar refractivity (Wildman–Crippen MR) is 116 cm³/mol. The molecule has 0 unspecified atom stereocenters. The molecule has 5 rings (SSSR count). The van der Waals surface area contributed by atoms with E-state index >= 15 is 0 Å². The third-order valence-corrected chi connectivity index (χ3v) is 6.09. The number of likely N-dealkylation sites (N-methyl/N-ethyl adjacent to an activating group) is 1. The number of nitrogens with zero attached hydrogens (tertiary/aromatic N) is 4. The zero-order valence-electron chi connectivity index (χ0n) is 17.2. The van der Waals surface area contributed by atoms with Gasteiger partial charge in [0.15, 0.2) is 5.65 Å². The van der Waals surface area contributed by atoms with Crippen LogP contribution in [0.1, 0.15) is 36.8 Å². The molecular formula is C22H26N6O2. The third-order valence-electron chi connectivity index (χ3n) is 6.09. The van der Waals surface area contributed by atoms with Gasteiger partial charge in [0.05, 0.1) is 12.5 Å². The lowest BCUT2D eigenvalue weighted by Gasteiger charge is -2.26. The van der Waals surface area contributed by atoms with Crippen molar-refractivity contribution in [2.75, 3.05) is 22.6 Å². The Bertz CT molecular complexity index is 1120. The maximum atomic E-state index is 12.2. The largest absolute Gasteiger partial charge is 0.393 e. The molecular weight excluding hydrogens is 380 g/mol. The molecule has 1 aliphatic carbocycles. The quantitative estimate of drug-likeness (QED) is 0.617. The summed E-state index contributed by atoms with van der Waals surface area (Å²) >= 11 is 0. The van der Waals surface area contributed by atoms with Gasteiger partial charge in [-0.25, -0.2) is 0 Å². The van der Waals surface area contributed by atoms with Crippen molar-refractivity contribution in [3.8, 4) is 0 Å². The molecule has 1 aromatic carbocycles. The van der Waals surface area contributed by atoms with Gasteiger partial charge in [0.2, 0.25) is 11.9 Å². The molecule has 3 heterocycles. The summed E-state index contributed by atoms with van der Waals surface area (Å²) in [5.74, 6) is 1.47. The van der Waals surface area contributed by atoms with Crippen LogP contribution in [-0.4, -0.2) is 44.8 Å². The molecule has 1 fully saturated rings. The normalized spacial score (nSPS) is 21.2. The van der Waals surface area contributed by atoms with Gasteiger partial charge in [0.25, 0.3) is 0 Å². The molecule has 0 radical (unpaired) electrons. The summed E-state index contributed by atoms with van der Waals surface area (Å²) in [4.78, 5) is 18.5. The van der Waals surface area contributed by atoms with Crippen molar-refractivity contribution >= 4 is 34.7 Å². The molecule has 0 saturated heterocycles. The molecule has 0 atom stereocenters. The van der Waals surface area contributed by atoms with Crippen molar-refractivity contribution < 1.29 is 9.90 Å². The molecule has 3 N–H and O–H groups in total. The number of aliphatic hydroxyl groups excluding tert-OH is 1. The van der Waals surface area contributed by atoms with E-state index in [-0.39, 0.29) is 12.0 Å². The first-order chi connectivity index (χ1) is 14.5. The van der Waals surface area contributed by atoms with E-state index in [1.165, 1.54) is 0 Å². The molecule has 156 valence electrons. The van der Waals surface area contributed by atoms with Gasteiger partial charge >= 0.3 is 0 Å². The maximum Gasteiger partial charge on any atom is 0.247 e. The van der Waals surface area contributed by atoms with E-state index in [0.29, 0.717) is 18.4 Å². The number of aromatic nitrogens is 3. The van der Waals surface area contributed by atoms with Crippen molar-refractivity contribution in [1.82, 2.24) is 14.6 Å². The van der Waals surface area contributed by atoms with Crippen molar-refractivity contribution in [1.29, 1.82) is 0 Å². The molecule has 1 saturated carbocycles. The Hall–Kier alpha value is -3.13. The Balaban J connectivity index is 1.43. The fourth-order valence-corrected chi connectivity index (χ4v) is 4.42. The number of hydrogen-bond acceptors (Lipinski definition) is 6. The number of aliphatic hydroxyl groups is 1. The van der Waals surface area contributed by atoms with Crippen molar-refractivity contribution in [3.63, 3.8) is 0 Å². The second-order valence-corrected chi connectivity index (χ2v) is 8.33. The molecule has 1 aliphatic heterocycles. The Morgan fingerprint density at radius 3 is 2.77 bits per heavy atom. The van der Waals surface area contributed by atoms with Crippen LogP contribution in [0.3, 0.4) is 0 Å². The first-order valence-corrected chi connectivity index (χ1v) is 10.5. The third kappa shape index (κ3) is 3.37. The molecule has 2 aromatic heterocycles. The number of hydrogen-bond donors (Lipinski definition) is 3. The number of benzene rings is 1. The summed E-state index contributed by atoms with van der Waals surface area (Å²) in [5, 5.41) is 21.3. The Kier molecular flexibility index (Phi) is 4.58. The first-order valence-electron chi connectivity index (χ1n) is 10.5. The summed E-state index contributed by atoms with van der Waals surface area (Å²) in [6.45, 7) is 2.02. The van der Waals surface area contributed by atoms with Gasteiger partial charge in [-0.05, 0) is 62.4 Å². The summed E-state index contributed by atoms with van der Waals surface area (Å²) in [6, 6.07) is 10.3. The monoisotopic (exact) mass is 406 g/mol. The molecule has 30 heavy (non-hydrogen) atoms. The van der Waals surface area contributed by atoms with Crippen molar-refractivity contribution in [2.24, 2.45) is 0 Å². The topological polar surface area (TPSA) is 94.8 Å². The van der Waals surface area contributed by atoms with Crippen LogP contribution in [0.4, 0.5) is 23.1 Å². The number of carbonyl (C=O) groups is 1.